The molecule has 0 saturated heterocycles. The zero-order valence-corrected chi connectivity index (χ0v) is 48.8. The van der Waals surface area contributed by atoms with Crippen molar-refractivity contribution in [2.75, 3.05) is 13.2 Å². The first-order valence-electron chi connectivity index (χ1n) is 31.0. The van der Waals surface area contributed by atoms with Crippen molar-refractivity contribution in [3.63, 3.8) is 0 Å². The molecule has 0 aromatic heterocycles. The minimum atomic E-state index is -0.796. The second kappa shape index (κ2) is 62.4. The summed E-state index contributed by atoms with van der Waals surface area (Å²) in [7, 11) is 0. The van der Waals surface area contributed by atoms with Gasteiger partial charge in [-0.1, -0.05) is 251 Å². The lowest BCUT2D eigenvalue weighted by Crippen LogP contribution is -2.30. The highest BCUT2D eigenvalue weighted by Gasteiger charge is 2.19. The maximum absolute atomic E-state index is 12.9. The van der Waals surface area contributed by atoms with Gasteiger partial charge in [-0.3, -0.25) is 14.4 Å². The summed E-state index contributed by atoms with van der Waals surface area (Å²) in [5.74, 6) is -0.925. The Bertz CT molecular complexity index is 1570. The first-order chi connectivity index (χ1) is 37.0. The molecule has 0 fully saturated rings. The van der Waals surface area contributed by atoms with Gasteiger partial charge in [-0.25, -0.2) is 0 Å². The van der Waals surface area contributed by atoms with Crippen molar-refractivity contribution in [1.82, 2.24) is 0 Å². The van der Waals surface area contributed by atoms with Crippen molar-refractivity contribution in [3.8, 4) is 0 Å². The highest BCUT2D eigenvalue weighted by atomic mass is 16.6. The molecule has 0 spiro atoms. The van der Waals surface area contributed by atoms with Gasteiger partial charge in [-0.2, -0.15) is 0 Å². The normalized spacial score (nSPS) is 12.9. The molecule has 0 radical (unpaired) electrons. The molecular weight excluding hydrogens is 925 g/mol. The smallest absolute Gasteiger partial charge is 0.306 e. The quantitative estimate of drug-likeness (QED) is 0.0261. The van der Waals surface area contributed by atoms with E-state index in [-0.39, 0.29) is 31.1 Å². The van der Waals surface area contributed by atoms with Crippen molar-refractivity contribution >= 4 is 17.9 Å². The van der Waals surface area contributed by atoms with Crippen LogP contribution in [0.25, 0.3) is 0 Å². The molecule has 6 nitrogen and oxygen atoms in total. The van der Waals surface area contributed by atoms with E-state index in [9.17, 15) is 14.4 Å². The van der Waals surface area contributed by atoms with Crippen LogP contribution in [-0.4, -0.2) is 37.2 Å². The largest absolute Gasteiger partial charge is 0.462 e. The van der Waals surface area contributed by atoms with Crippen molar-refractivity contribution in [2.45, 2.75) is 284 Å². The fourth-order valence-electron chi connectivity index (χ4n) is 8.28. The van der Waals surface area contributed by atoms with E-state index in [2.05, 4.69) is 142 Å². The van der Waals surface area contributed by atoms with Crippen LogP contribution in [-0.2, 0) is 28.6 Å². The van der Waals surface area contributed by atoms with Gasteiger partial charge in [-0.05, 0) is 128 Å². The van der Waals surface area contributed by atoms with Crippen LogP contribution in [0.5, 0.6) is 0 Å². The van der Waals surface area contributed by atoms with Gasteiger partial charge in [0.1, 0.15) is 13.2 Å². The van der Waals surface area contributed by atoms with Crippen LogP contribution in [0.1, 0.15) is 278 Å². The summed E-state index contributed by atoms with van der Waals surface area (Å²) in [6.45, 7) is 6.43. The highest BCUT2D eigenvalue weighted by molar-refractivity contribution is 5.71. The second-order valence-corrected chi connectivity index (χ2v) is 20.2. The van der Waals surface area contributed by atoms with Gasteiger partial charge in [0.15, 0.2) is 6.10 Å². The third kappa shape index (κ3) is 60.6. The Morgan fingerprint density at radius 3 is 0.880 bits per heavy atom. The molecule has 0 bridgehead atoms. The van der Waals surface area contributed by atoms with Crippen molar-refractivity contribution in [3.05, 3.63) is 122 Å². The molecule has 0 aliphatic heterocycles. The van der Waals surface area contributed by atoms with Gasteiger partial charge in [0, 0.05) is 19.3 Å². The van der Waals surface area contributed by atoms with Crippen LogP contribution in [0.15, 0.2) is 122 Å². The van der Waals surface area contributed by atoms with Crippen molar-refractivity contribution in [2.24, 2.45) is 0 Å². The fraction of sp³-hybridized carbons (Fsp3) is 0.667. The lowest BCUT2D eigenvalue weighted by molar-refractivity contribution is -0.167. The van der Waals surface area contributed by atoms with E-state index < -0.39 is 6.10 Å². The van der Waals surface area contributed by atoms with Crippen molar-refractivity contribution < 1.29 is 28.6 Å². The minimum absolute atomic E-state index is 0.0937. The lowest BCUT2D eigenvalue weighted by atomic mass is 10.1. The number of hydrogen-bond acceptors (Lipinski definition) is 6. The van der Waals surface area contributed by atoms with E-state index >= 15 is 0 Å². The summed E-state index contributed by atoms with van der Waals surface area (Å²) in [5, 5.41) is 0. The molecule has 0 amide bonds. The minimum Gasteiger partial charge on any atom is -0.462 e. The predicted octanol–water partition coefficient (Wildman–Crippen LogP) is 21.2. The molecule has 0 aliphatic carbocycles. The molecule has 426 valence electrons. The molecule has 0 saturated carbocycles. The summed E-state index contributed by atoms with van der Waals surface area (Å²) in [5.41, 5.74) is 0. The van der Waals surface area contributed by atoms with E-state index in [1.54, 1.807) is 0 Å². The summed E-state index contributed by atoms with van der Waals surface area (Å²) < 4.78 is 16.9. The molecule has 6 heteroatoms. The van der Waals surface area contributed by atoms with Crippen LogP contribution in [0, 0.1) is 0 Å². The SMILES string of the molecule is CC/C=C\C/C=C\C/C=C\C/C=C\C/C=C\C/C=C\C/C=C\CCCCCCCCCC(=O)OCC(COC(=O)CCCCCCC/C=C\C/C=C\CCC)OC(=O)CCCCCCC/C=C\CCCCCCCC. The number of carbonyl (C=O) groups excluding carboxylic acids is 3. The number of hydrogen-bond donors (Lipinski definition) is 0. The van der Waals surface area contributed by atoms with E-state index in [0.717, 1.165) is 154 Å². The summed E-state index contributed by atoms with van der Waals surface area (Å²) in [6.07, 6.45) is 86.2. The molecule has 75 heavy (non-hydrogen) atoms. The molecule has 0 heterocycles. The maximum Gasteiger partial charge on any atom is 0.306 e. The van der Waals surface area contributed by atoms with Crippen LogP contribution in [0.2, 0.25) is 0 Å². The van der Waals surface area contributed by atoms with Crippen LogP contribution < -0.4 is 0 Å². The zero-order chi connectivity index (χ0) is 54.3. The average Bonchev–Trinajstić information content (AvgIpc) is 3.41. The van der Waals surface area contributed by atoms with E-state index in [4.69, 9.17) is 14.2 Å². The molecule has 0 aromatic carbocycles. The van der Waals surface area contributed by atoms with Gasteiger partial charge >= 0.3 is 17.9 Å². The van der Waals surface area contributed by atoms with E-state index in [1.807, 2.05) is 0 Å². The standard InChI is InChI=1S/C69H114O6/c1-4-7-10-13-16-19-22-25-27-28-29-30-31-32-33-34-35-36-37-38-39-40-42-44-47-50-53-56-59-62-68(71)74-65-66(64-73-67(70)61-58-55-52-49-46-43-24-21-18-15-12-9-6-3)75-69(72)63-60-57-54-51-48-45-41-26-23-20-17-14-11-8-5-2/h7,10,12,15-16,19,21,24-27,29-30,32-33,35-36,38-39,41,66H,4-6,8-9,11,13-14,17-18,20,22-23,28,31,34,37,40,42-65H2,1-3H3/b10-7-,15-12-,19-16-,24-21-,27-25-,30-29-,33-32-,36-35-,39-38-,41-26-. The topological polar surface area (TPSA) is 78.9 Å². The second-order valence-electron chi connectivity index (χ2n) is 20.2. The maximum atomic E-state index is 12.9. The lowest BCUT2D eigenvalue weighted by Gasteiger charge is -2.18. The van der Waals surface area contributed by atoms with Gasteiger partial charge in [0.25, 0.3) is 0 Å². The Labute approximate surface area is 462 Å². The molecule has 0 aliphatic rings. The Hall–Kier alpha value is -4.19. The molecule has 1 atom stereocenters. The average molecular weight is 1040 g/mol. The number of rotatable bonds is 55. The summed E-state index contributed by atoms with van der Waals surface area (Å²) in [4.78, 5) is 38.2. The summed E-state index contributed by atoms with van der Waals surface area (Å²) >= 11 is 0. The fourth-order valence-corrected chi connectivity index (χ4v) is 8.28. The Kier molecular flexibility index (Phi) is 58.9. The third-order valence-electron chi connectivity index (χ3n) is 12.9. The third-order valence-corrected chi connectivity index (χ3v) is 12.9. The van der Waals surface area contributed by atoms with Gasteiger partial charge in [0.05, 0.1) is 0 Å². The van der Waals surface area contributed by atoms with E-state index in [0.29, 0.717) is 19.3 Å². The molecule has 0 rings (SSSR count). The zero-order valence-electron chi connectivity index (χ0n) is 48.8. The summed E-state index contributed by atoms with van der Waals surface area (Å²) in [6, 6.07) is 0. The monoisotopic (exact) mass is 1040 g/mol. The van der Waals surface area contributed by atoms with E-state index in [1.165, 1.54) is 83.5 Å². The van der Waals surface area contributed by atoms with Gasteiger partial charge in [-0.15, -0.1) is 0 Å². The van der Waals surface area contributed by atoms with Crippen LogP contribution in [0.4, 0.5) is 0 Å². The molecule has 1 unspecified atom stereocenters. The number of carbonyl (C=O) groups is 3. The number of esters is 3. The Morgan fingerprint density at radius 2 is 0.547 bits per heavy atom. The first-order valence-corrected chi connectivity index (χ1v) is 31.0. The molecule has 0 aromatic rings. The first kappa shape index (κ1) is 70.8. The van der Waals surface area contributed by atoms with Crippen LogP contribution >= 0.6 is 0 Å². The molecule has 0 N–H and O–H groups in total. The Morgan fingerprint density at radius 1 is 0.280 bits per heavy atom. The highest BCUT2D eigenvalue weighted by Crippen LogP contribution is 2.14. The number of unbranched alkanes of at least 4 members (excludes halogenated alkanes) is 24. The van der Waals surface area contributed by atoms with Gasteiger partial charge < -0.3 is 14.2 Å². The predicted molar refractivity (Wildman–Crippen MR) is 325 cm³/mol. The Balaban J connectivity index is 4.34. The number of ether oxygens (including phenoxy) is 3. The van der Waals surface area contributed by atoms with Crippen molar-refractivity contribution in [1.29, 1.82) is 0 Å². The van der Waals surface area contributed by atoms with Gasteiger partial charge in [0.2, 0.25) is 0 Å². The number of allylic oxidation sites excluding steroid dienone is 20. The molecular formula is C69H114O6. The van der Waals surface area contributed by atoms with Crippen LogP contribution in [0.3, 0.4) is 0 Å².